The molecule has 0 unspecified atom stereocenters. The van der Waals surface area contributed by atoms with Crippen molar-refractivity contribution in [3.63, 3.8) is 0 Å². The van der Waals surface area contributed by atoms with Crippen LogP contribution in [0.5, 0.6) is 5.75 Å². The summed E-state index contributed by atoms with van der Waals surface area (Å²) in [4.78, 5) is 16.4. The van der Waals surface area contributed by atoms with Crippen molar-refractivity contribution in [2.45, 2.75) is 6.18 Å². The van der Waals surface area contributed by atoms with Gasteiger partial charge in [-0.05, 0) is 30.3 Å². The third-order valence-electron chi connectivity index (χ3n) is 4.64. The van der Waals surface area contributed by atoms with Crippen LogP contribution >= 0.6 is 0 Å². The molecule has 1 aliphatic rings. The molecule has 0 saturated carbocycles. The maximum absolute atomic E-state index is 12.8. The smallest absolute Gasteiger partial charge is 0.416 e. The normalized spacial score (nSPS) is 15.4. The average molecular weight is 393 g/mol. The lowest BCUT2D eigenvalue weighted by molar-refractivity contribution is -0.137. The number of carbonyl (C=O) groups is 1. The van der Waals surface area contributed by atoms with Crippen molar-refractivity contribution in [2.24, 2.45) is 0 Å². The number of nitrogens with one attached hydrogen (secondary N) is 1. The molecule has 1 amide bonds. The van der Waals surface area contributed by atoms with Crippen molar-refractivity contribution < 1.29 is 22.7 Å². The van der Waals surface area contributed by atoms with Gasteiger partial charge in [0, 0.05) is 31.9 Å². The molecule has 2 aromatic carbocycles. The van der Waals surface area contributed by atoms with Crippen molar-refractivity contribution in [1.29, 1.82) is 0 Å². The van der Waals surface area contributed by atoms with E-state index in [1.165, 1.54) is 12.1 Å². The summed E-state index contributed by atoms with van der Waals surface area (Å²) in [5.41, 5.74) is 0.376. The van der Waals surface area contributed by atoms with E-state index in [-0.39, 0.29) is 18.1 Å². The van der Waals surface area contributed by atoms with E-state index in [0.717, 1.165) is 36.7 Å². The molecule has 0 aliphatic carbocycles. The number of benzene rings is 2. The Bertz CT molecular complexity index is 818. The molecule has 0 radical (unpaired) electrons. The van der Waals surface area contributed by atoms with Gasteiger partial charge in [0.25, 0.3) is 0 Å². The zero-order valence-electron chi connectivity index (χ0n) is 15.5. The first kappa shape index (κ1) is 20.0. The summed E-state index contributed by atoms with van der Waals surface area (Å²) >= 11 is 0. The lowest BCUT2D eigenvalue weighted by atomic mass is 10.2. The Hall–Kier alpha value is -2.74. The van der Waals surface area contributed by atoms with Gasteiger partial charge in [-0.25, -0.2) is 0 Å². The average Bonchev–Trinajstić information content (AvgIpc) is 2.68. The maximum Gasteiger partial charge on any atom is 0.416 e. The van der Waals surface area contributed by atoms with Gasteiger partial charge in [0.2, 0.25) is 5.91 Å². The Balaban J connectivity index is 1.53. The molecule has 5 nitrogen and oxygen atoms in total. The molecule has 0 aromatic heterocycles. The molecule has 0 atom stereocenters. The number of anilines is 2. The molecule has 1 heterocycles. The van der Waals surface area contributed by atoms with Gasteiger partial charge >= 0.3 is 6.18 Å². The van der Waals surface area contributed by atoms with E-state index in [2.05, 4.69) is 10.2 Å². The van der Waals surface area contributed by atoms with E-state index in [0.29, 0.717) is 13.1 Å². The van der Waals surface area contributed by atoms with Crippen LogP contribution in [-0.4, -0.2) is 50.6 Å². The second-order valence-corrected chi connectivity index (χ2v) is 6.56. The number of methoxy groups -OCH3 is 1. The van der Waals surface area contributed by atoms with E-state index < -0.39 is 11.7 Å². The van der Waals surface area contributed by atoms with Gasteiger partial charge in [-0.15, -0.1) is 0 Å². The third kappa shape index (κ3) is 4.95. The predicted molar refractivity (Wildman–Crippen MR) is 102 cm³/mol. The first-order valence-electron chi connectivity index (χ1n) is 8.94. The van der Waals surface area contributed by atoms with E-state index in [1.54, 1.807) is 7.11 Å². The standard InChI is InChI=1S/C20H22F3N3O2/c1-28-18-8-3-2-7-17(18)26-11-9-25(10-12-26)14-19(27)24-16-6-4-5-15(13-16)20(21,22)23/h2-8,13H,9-12,14H2,1H3,(H,24,27). The number of alkyl halides is 3. The number of para-hydroxylation sites is 2. The summed E-state index contributed by atoms with van der Waals surface area (Å²) in [6, 6.07) is 12.4. The Morgan fingerprint density at radius 2 is 1.79 bits per heavy atom. The molecule has 1 aliphatic heterocycles. The predicted octanol–water partition coefficient (Wildman–Crippen LogP) is 3.47. The minimum Gasteiger partial charge on any atom is -0.495 e. The van der Waals surface area contributed by atoms with E-state index in [1.807, 2.05) is 29.2 Å². The van der Waals surface area contributed by atoms with Crippen molar-refractivity contribution in [3.8, 4) is 5.75 Å². The first-order chi connectivity index (χ1) is 13.4. The number of piperazine rings is 1. The van der Waals surface area contributed by atoms with Gasteiger partial charge in [-0.3, -0.25) is 9.69 Å². The van der Waals surface area contributed by atoms with Gasteiger partial charge in [0.1, 0.15) is 5.75 Å². The van der Waals surface area contributed by atoms with Crippen molar-refractivity contribution in [1.82, 2.24) is 4.90 Å². The van der Waals surface area contributed by atoms with Crippen LogP contribution in [0.2, 0.25) is 0 Å². The van der Waals surface area contributed by atoms with Crippen molar-refractivity contribution >= 4 is 17.3 Å². The van der Waals surface area contributed by atoms with E-state index >= 15 is 0 Å². The largest absolute Gasteiger partial charge is 0.495 e. The number of rotatable bonds is 5. The van der Waals surface area contributed by atoms with Crippen LogP contribution in [0.25, 0.3) is 0 Å². The minimum atomic E-state index is -4.43. The molecule has 2 aromatic rings. The highest BCUT2D eigenvalue weighted by atomic mass is 19.4. The number of amides is 1. The van der Waals surface area contributed by atoms with E-state index in [9.17, 15) is 18.0 Å². The molecule has 150 valence electrons. The number of carbonyl (C=O) groups excluding carboxylic acids is 1. The summed E-state index contributed by atoms with van der Waals surface area (Å²) in [6.07, 6.45) is -4.43. The van der Waals surface area contributed by atoms with Gasteiger partial charge in [-0.1, -0.05) is 18.2 Å². The van der Waals surface area contributed by atoms with Crippen LogP contribution in [0.3, 0.4) is 0 Å². The fourth-order valence-electron chi connectivity index (χ4n) is 3.21. The summed E-state index contributed by atoms with van der Waals surface area (Å²) in [5, 5.41) is 2.55. The maximum atomic E-state index is 12.8. The van der Waals surface area contributed by atoms with E-state index in [4.69, 9.17) is 4.74 Å². The van der Waals surface area contributed by atoms with Crippen LogP contribution in [0.1, 0.15) is 5.56 Å². The second-order valence-electron chi connectivity index (χ2n) is 6.56. The van der Waals surface area contributed by atoms with Crippen LogP contribution in [0, 0.1) is 0 Å². The topological polar surface area (TPSA) is 44.8 Å². The molecule has 1 N–H and O–H groups in total. The lowest BCUT2D eigenvalue weighted by Crippen LogP contribution is -2.48. The molecule has 8 heteroatoms. The highest BCUT2D eigenvalue weighted by Crippen LogP contribution is 2.31. The Morgan fingerprint density at radius 1 is 1.07 bits per heavy atom. The van der Waals surface area contributed by atoms with Gasteiger partial charge < -0.3 is 15.0 Å². The van der Waals surface area contributed by atoms with Crippen LogP contribution in [0.15, 0.2) is 48.5 Å². The fraction of sp³-hybridized carbons (Fsp3) is 0.350. The van der Waals surface area contributed by atoms with Crippen LogP contribution in [-0.2, 0) is 11.0 Å². The Kier molecular flexibility index (Phi) is 6.08. The summed E-state index contributed by atoms with van der Waals surface area (Å²) in [5.74, 6) is 0.475. The molecule has 28 heavy (non-hydrogen) atoms. The zero-order valence-corrected chi connectivity index (χ0v) is 15.5. The van der Waals surface area contributed by atoms with Crippen molar-refractivity contribution in [3.05, 3.63) is 54.1 Å². The summed E-state index contributed by atoms with van der Waals surface area (Å²) in [6.45, 7) is 2.95. The highest BCUT2D eigenvalue weighted by Gasteiger charge is 2.30. The quantitative estimate of drug-likeness (QED) is 0.845. The van der Waals surface area contributed by atoms with Crippen LogP contribution in [0.4, 0.5) is 24.5 Å². The molecule has 0 bridgehead atoms. The number of halogens is 3. The summed E-state index contributed by atoms with van der Waals surface area (Å²) in [7, 11) is 1.63. The fourth-order valence-corrected chi connectivity index (χ4v) is 3.21. The second kappa shape index (κ2) is 8.52. The van der Waals surface area contributed by atoms with Gasteiger partial charge in [0.15, 0.2) is 0 Å². The number of nitrogens with zero attached hydrogens (tertiary/aromatic N) is 2. The number of hydrogen-bond acceptors (Lipinski definition) is 4. The highest BCUT2D eigenvalue weighted by molar-refractivity contribution is 5.92. The van der Waals surface area contributed by atoms with Crippen LogP contribution < -0.4 is 15.0 Å². The molecule has 1 fully saturated rings. The Labute approximate surface area is 161 Å². The van der Waals surface area contributed by atoms with Crippen molar-refractivity contribution in [2.75, 3.05) is 50.1 Å². The minimum absolute atomic E-state index is 0.135. The first-order valence-corrected chi connectivity index (χ1v) is 8.94. The SMILES string of the molecule is COc1ccccc1N1CCN(CC(=O)Nc2cccc(C(F)(F)F)c2)CC1. The molecular formula is C20H22F3N3O2. The number of hydrogen-bond donors (Lipinski definition) is 1. The molecular weight excluding hydrogens is 371 g/mol. The Morgan fingerprint density at radius 3 is 2.46 bits per heavy atom. The molecule has 1 saturated heterocycles. The zero-order chi connectivity index (χ0) is 20.1. The molecule has 0 spiro atoms. The third-order valence-corrected chi connectivity index (χ3v) is 4.64. The van der Waals surface area contributed by atoms with Gasteiger partial charge in [0.05, 0.1) is 24.9 Å². The lowest BCUT2D eigenvalue weighted by Gasteiger charge is -2.36. The van der Waals surface area contributed by atoms with Gasteiger partial charge in [-0.2, -0.15) is 13.2 Å². The number of ether oxygens (including phenoxy) is 1. The summed E-state index contributed by atoms with van der Waals surface area (Å²) < 4.78 is 43.7. The monoisotopic (exact) mass is 393 g/mol. The molecule has 3 rings (SSSR count).